The standard InChI is InChI=1S/C17H26N2O2/c1-13-3-2-10-17(11-13,12-20)19-16(21)9-6-14-4-7-15(18)8-5-14/h4-5,7-8,13,20H,2-3,6,9-12,18H2,1H3,(H,19,21). The summed E-state index contributed by atoms with van der Waals surface area (Å²) in [4.78, 5) is 12.2. The number of benzene rings is 1. The first-order valence-corrected chi connectivity index (χ1v) is 7.79. The number of aliphatic hydroxyl groups is 1. The zero-order valence-corrected chi connectivity index (χ0v) is 12.8. The van der Waals surface area contributed by atoms with Gasteiger partial charge in [0.05, 0.1) is 12.1 Å². The monoisotopic (exact) mass is 290 g/mol. The molecule has 0 spiro atoms. The summed E-state index contributed by atoms with van der Waals surface area (Å²) in [7, 11) is 0. The summed E-state index contributed by atoms with van der Waals surface area (Å²) in [6.07, 6.45) is 5.14. The SMILES string of the molecule is CC1CCCC(CO)(NC(=O)CCc2ccc(N)cc2)C1. The van der Waals surface area contributed by atoms with Crippen LogP contribution in [0.3, 0.4) is 0 Å². The minimum atomic E-state index is -0.407. The maximum absolute atomic E-state index is 12.2. The third kappa shape index (κ3) is 4.46. The highest BCUT2D eigenvalue weighted by molar-refractivity contribution is 5.77. The second-order valence-electron chi connectivity index (χ2n) is 6.43. The van der Waals surface area contributed by atoms with E-state index in [9.17, 15) is 9.90 Å². The van der Waals surface area contributed by atoms with Gasteiger partial charge in [-0.05, 0) is 42.9 Å². The van der Waals surface area contributed by atoms with Crippen LogP contribution < -0.4 is 11.1 Å². The molecule has 1 fully saturated rings. The second-order valence-corrected chi connectivity index (χ2v) is 6.43. The largest absolute Gasteiger partial charge is 0.399 e. The molecule has 0 aliphatic heterocycles. The maximum Gasteiger partial charge on any atom is 0.220 e. The van der Waals surface area contributed by atoms with Gasteiger partial charge in [0, 0.05) is 12.1 Å². The van der Waals surface area contributed by atoms with E-state index in [2.05, 4.69) is 12.2 Å². The Morgan fingerprint density at radius 1 is 1.43 bits per heavy atom. The van der Waals surface area contributed by atoms with Crippen molar-refractivity contribution >= 4 is 11.6 Å². The molecule has 0 heterocycles. The molecular weight excluding hydrogens is 264 g/mol. The van der Waals surface area contributed by atoms with Crippen molar-refractivity contribution in [2.45, 2.75) is 51.0 Å². The van der Waals surface area contributed by atoms with Crippen LogP contribution in [0.4, 0.5) is 5.69 Å². The summed E-state index contributed by atoms with van der Waals surface area (Å²) in [6.45, 7) is 2.22. The van der Waals surface area contributed by atoms with Crippen LogP contribution in [0, 0.1) is 5.92 Å². The third-order valence-corrected chi connectivity index (χ3v) is 4.42. The number of nitrogens with one attached hydrogen (secondary N) is 1. The lowest BCUT2D eigenvalue weighted by atomic mass is 9.76. The van der Waals surface area contributed by atoms with Crippen molar-refractivity contribution < 1.29 is 9.90 Å². The van der Waals surface area contributed by atoms with Crippen molar-refractivity contribution in [2.24, 2.45) is 5.92 Å². The average molecular weight is 290 g/mol. The van der Waals surface area contributed by atoms with Gasteiger partial charge in [-0.25, -0.2) is 0 Å². The first kappa shape index (κ1) is 15.8. The van der Waals surface area contributed by atoms with Crippen LogP contribution in [-0.4, -0.2) is 23.2 Å². The van der Waals surface area contributed by atoms with Gasteiger partial charge in [0.15, 0.2) is 0 Å². The number of aryl methyl sites for hydroxylation is 1. The van der Waals surface area contributed by atoms with Crippen molar-refractivity contribution in [1.82, 2.24) is 5.32 Å². The molecule has 1 amide bonds. The minimum absolute atomic E-state index is 0.0231. The number of hydrogen-bond acceptors (Lipinski definition) is 3. The van der Waals surface area contributed by atoms with Crippen LogP contribution in [-0.2, 0) is 11.2 Å². The summed E-state index contributed by atoms with van der Waals surface area (Å²) in [5.41, 5.74) is 7.08. The second kappa shape index (κ2) is 6.94. The molecule has 2 atom stereocenters. The predicted octanol–water partition coefficient (Wildman–Crippen LogP) is 2.26. The van der Waals surface area contributed by atoms with Gasteiger partial charge in [-0.15, -0.1) is 0 Å². The molecule has 4 heteroatoms. The molecule has 1 aliphatic rings. The number of anilines is 1. The lowest BCUT2D eigenvalue weighted by molar-refractivity contribution is -0.124. The molecule has 21 heavy (non-hydrogen) atoms. The highest BCUT2D eigenvalue weighted by Gasteiger charge is 2.35. The number of hydrogen-bond donors (Lipinski definition) is 3. The fraction of sp³-hybridized carbons (Fsp3) is 0.588. The highest BCUT2D eigenvalue weighted by atomic mass is 16.3. The zero-order chi connectivity index (χ0) is 15.3. The summed E-state index contributed by atoms with van der Waals surface area (Å²) >= 11 is 0. The summed E-state index contributed by atoms with van der Waals surface area (Å²) in [5, 5.41) is 12.8. The van der Waals surface area contributed by atoms with Gasteiger partial charge < -0.3 is 16.2 Å². The van der Waals surface area contributed by atoms with Gasteiger partial charge in [0.25, 0.3) is 0 Å². The molecular formula is C17H26N2O2. The molecule has 1 aromatic rings. The quantitative estimate of drug-likeness (QED) is 0.728. The van der Waals surface area contributed by atoms with Gasteiger partial charge >= 0.3 is 0 Å². The van der Waals surface area contributed by atoms with E-state index in [1.807, 2.05) is 24.3 Å². The average Bonchev–Trinajstić information content (AvgIpc) is 2.46. The Morgan fingerprint density at radius 3 is 2.76 bits per heavy atom. The Morgan fingerprint density at radius 2 is 2.14 bits per heavy atom. The van der Waals surface area contributed by atoms with Crippen LogP contribution >= 0.6 is 0 Å². The van der Waals surface area contributed by atoms with Gasteiger partial charge in [-0.1, -0.05) is 31.9 Å². The molecule has 2 unspecified atom stereocenters. The van der Waals surface area contributed by atoms with Crippen molar-refractivity contribution in [3.63, 3.8) is 0 Å². The maximum atomic E-state index is 12.2. The van der Waals surface area contributed by atoms with Crippen molar-refractivity contribution in [2.75, 3.05) is 12.3 Å². The van der Waals surface area contributed by atoms with Crippen LogP contribution in [0.5, 0.6) is 0 Å². The lowest BCUT2D eigenvalue weighted by Crippen LogP contribution is -2.53. The Kier molecular flexibility index (Phi) is 5.23. The van der Waals surface area contributed by atoms with Gasteiger partial charge in [0.1, 0.15) is 0 Å². The number of nitrogens with two attached hydrogens (primary N) is 1. The fourth-order valence-corrected chi connectivity index (χ4v) is 3.26. The van der Waals surface area contributed by atoms with Crippen molar-refractivity contribution in [1.29, 1.82) is 0 Å². The van der Waals surface area contributed by atoms with Crippen LogP contribution in [0.1, 0.15) is 44.6 Å². The molecule has 1 aliphatic carbocycles. The normalized spacial score (nSPS) is 25.5. The number of amides is 1. The van der Waals surface area contributed by atoms with Crippen LogP contribution in [0.25, 0.3) is 0 Å². The van der Waals surface area contributed by atoms with E-state index < -0.39 is 5.54 Å². The Balaban J connectivity index is 1.86. The van der Waals surface area contributed by atoms with Crippen molar-refractivity contribution in [3.05, 3.63) is 29.8 Å². The van der Waals surface area contributed by atoms with Gasteiger partial charge in [0.2, 0.25) is 5.91 Å². The van der Waals surface area contributed by atoms with Gasteiger partial charge in [-0.2, -0.15) is 0 Å². The predicted molar refractivity (Wildman–Crippen MR) is 84.8 cm³/mol. The number of aliphatic hydroxyl groups excluding tert-OH is 1. The van der Waals surface area contributed by atoms with E-state index >= 15 is 0 Å². The van der Waals surface area contributed by atoms with E-state index in [0.717, 1.165) is 30.5 Å². The third-order valence-electron chi connectivity index (χ3n) is 4.42. The summed E-state index contributed by atoms with van der Waals surface area (Å²) in [6, 6.07) is 7.61. The Hall–Kier alpha value is -1.55. The molecule has 1 aromatic carbocycles. The summed E-state index contributed by atoms with van der Waals surface area (Å²) < 4.78 is 0. The minimum Gasteiger partial charge on any atom is -0.399 e. The molecule has 1 saturated carbocycles. The van der Waals surface area contributed by atoms with Crippen LogP contribution in [0.15, 0.2) is 24.3 Å². The zero-order valence-electron chi connectivity index (χ0n) is 12.8. The van der Waals surface area contributed by atoms with Crippen LogP contribution in [0.2, 0.25) is 0 Å². The Labute approximate surface area is 126 Å². The topological polar surface area (TPSA) is 75.3 Å². The smallest absolute Gasteiger partial charge is 0.220 e. The van der Waals surface area contributed by atoms with E-state index in [1.54, 1.807) is 0 Å². The van der Waals surface area contributed by atoms with E-state index in [1.165, 1.54) is 6.42 Å². The molecule has 0 radical (unpaired) electrons. The number of nitrogen functional groups attached to an aromatic ring is 1. The molecule has 0 bridgehead atoms. The fourth-order valence-electron chi connectivity index (χ4n) is 3.26. The van der Waals surface area contributed by atoms with E-state index in [4.69, 9.17) is 5.73 Å². The van der Waals surface area contributed by atoms with E-state index in [-0.39, 0.29) is 12.5 Å². The first-order valence-electron chi connectivity index (χ1n) is 7.79. The highest BCUT2D eigenvalue weighted by Crippen LogP contribution is 2.32. The molecule has 4 nitrogen and oxygen atoms in total. The lowest BCUT2D eigenvalue weighted by Gasteiger charge is -2.39. The number of rotatable bonds is 5. The van der Waals surface area contributed by atoms with Gasteiger partial charge in [-0.3, -0.25) is 4.79 Å². The Bertz CT molecular complexity index is 472. The molecule has 4 N–H and O–H groups in total. The molecule has 0 saturated heterocycles. The molecule has 116 valence electrons. The van der Waals surface area contributed by atoms with Crippen molar-refractivity contribution in [3.8, 4) is 0 Å². The number of carbonyl (C=O) groups is 1. The molecule has 0 aromatic heterocycles. The summed E-state index contributed by atoms with van der Waals surface area (Å²) in [5.74, 6) is 0.582. The number of carbonyl (C=O) groups excluding carboxylic acids is 1. The molecule has 2 rings (SSSR count). The van der Waals surface area contributed by atoms with E-state index in [0.29, 0.717) is 18.8 Å². The first-order chi connectivity index (χ1) is 10.0.